The second-order valence-electron chi connectivity index (χ2n) is 5.45. The van der Waals surface area contributed by atoms with Crippen molar-refractivity contribution in [2.24, 2.45) is 0 Å². The van der Waals surface area contributed by atoms with Crippen LogP contribution in [0.2, 0.25) is 0 Å². The Morgan fingerprint density at radius 1 is 1.35 bits per heavy atom. The molecule has 0 radical (unpaired) electrons. The second kappa shape index (κ2) is 7.62. The molecule has 2 rings (SSSR count). The van der Waals surface area contributed by atoms with E-state index in [4.69, 9.17) is 9.84 Å². The maximum Gasteiger partial charge on any atom is 0.303 e. The molecule has 7 heteroatoms. The van der Waals surface area contributed by atoms with Crippen LogP contribution in [0.5, 0.6) is 5.75 Å². The lowest BCUT2D eigenvalue weighted by Gasteiger charge is -2.29. The van der Waals surface area contributed by atoms with Gasteiger partial charge in [0.2, 0.25) is 5.91 Å². The summed E-state index contributed by atoms with van der Waals surface area (Å²) in [6.07, 6.45) is 0.536. The van der Waals surface area contributed by atoms with Crippen LogP contribution in [0.15, 0.2) is 24.3 Å². The zero-order valence-electron chi connectivity index (χ0n) is 12.9. The topological polar surface area (TPSA) is 95.9 Å². The van der Waals surface area contributed by atoms with Crippen LogP contribution in [0.4, 0.5) is 5.69 Å². The van der Waals surface area contributed by atoms with Crippen molar-refractivity contribution in [1.29, 1.82) is 0 Å². The lowest BCUT2D eigenvalue weighted by molar-refractivity contribution is -0.137. The van der Waals surface area contributed by atoms with Gasteiger partial charge in [-0.3, -0.25) is 14.4 Å². The highest BCUT2D eigenvalue weighted by Gasteiger charge is 2.25. The number of aliphatic carboxylic acids is 1. The van der Waals surface area contributed by atoms with Crippen LogP contribution >= 0.6 is 0 Å². The number of rotatable bonds is 7. The Morgan fingerprint density at radius 2 is 2.09 bits per heavy atom. The molecular weight excluding hydrogens is 300 g/mol. The Morgan fingerprint density at radius 3 is 2.83 bits per heavy atom. The van der Waals surface area contributed by atoms with E-state index in [0.717, 1.165) is 0 Å². The SMILES string of the molecule is CC(CCC(=O)O)NC(=O)CCN1C(=O)COc2ccccc21. The molecule has 0 aliphatic carbocycles. The van der Waals surface area contributed by atoms with Gasteiger partial charge >= 0.3 is 5.97 Å². The van der Waals surface area contributed by atoms with Crippen molar-refractivity contribution in [3.8, 4) is 5.75 Å². The second-order valence-corrected chi connectivity index (χ2v) is 5.45. The first-order chi connectivity index (χ1) is 11.0. The van der Waals surface area contributed by atoms with Crippen molar-refractivity contribution in [1.82, 2.24) is 5.32 Å². The zero-order valence-corrected chi connectivity index (χ0v) is 12.9. The van der Waals surface area contributed by atoms with Crippen molar-refractivity contribution in [3.05, 3.63) is 24.3 Å². The molecule has 23 heavy (non-hydrogen) atoms. The molecule has 0 aromatic heterocycles. The molecule has 0 bridgehead atoms. The van der Waals surface area contributed by atoms with Crippen LogP contribution < -0.4 is 15.0 Å². The van der Waals surface area contributed by atoms with E-state index in [-0.39, 0.29) is 43.8 Å². The summed E-state index contributed by atoms with van der Waals surface area (Å²) < 4.78 is 5.34. The molecular formula is C16H20N2O5. The zero-order chi connectivity index (χ0) is 16.8. The maximum absolute atomic E-state index is 12.0. The van der Waals surface area contributed by atoms with Gasteiger partial charge in [-0.25, -0.2) is 0 Å². The Balaban J connectivity index is 1.86. The van der Waals surface area contributed by atoms with Crippen LogP contribution in [0, 0.1) is 0 Å². The minimum Gasteiger partial charge on any atom is -0.482 e. The van der Waals surface area contributed by atoms with Crippen molar-refractivity contribution >= 4 is 23.5 Å². The molecule has 1 aliphatic heterocycles. The first-order valence-electron chi connectivity index (χ1n) is 7.50. The fourth-order valence-corrected chi connectivity index (χ4v) is 2.37. The minimum atomic E-state index is -0.887. The number of fused-ring (bicyclic) bond motifs is 1. The number of para-hydroxylation sites is 2. The number of anilines is 1. The largest absolute Gasteiger partial charge is 0.482 e. The normalized spacial score (nSPS) is 14.7. The van der Waals surface area contributed by atoms with E-state index < -0.39 is 5.97 Å². The molecule has 1 aromatic rings. The molecule has 1 unspecified atom stereocenters. The average Bonchev–Trinajstić information content (AvgIpc) is 2.52. The third-order valence-corrected chi connectivity index (χ3v) is 3.57. The van der Waals surface area contributed by atoms with Crippen molar-refractivity contribution < 1.29 is 24.2 Å². The lowest BCUT2D eigenvalue weighted by atomic mass is 10.1. The summed E-state index contributed by atoms with van der Waals surface area (Å²) in [5.41, 5.74) is 0.662. The van der Waals surface area contributed by atoms with E-state index >= 15 is 0 Å². The van der Waals surface area contributed by atoms with Crippen LogP contribution in [-0.4, -0.2) is 42.1 Å². The van der Waals surface area contributed by atoms with Crippen molar-refractivity contribution in [2.45, 2.75) is 32.2 Å². The number of carboxylic acids is 1. The maximum atomic E-state index is 12.0. The van der Waals surface area contributed by atoms with E-state index in [1.165, 1.54) is 0 Å². The monoisotopic (exact) mass is 320 g/mol. The third kappa shape index (κ3) is 4.70. The summed E-state index contributed by atoms with van der Waals surface area (Å²) in [6.45, 7) is 1.99. The van der Waals surface area contributed by atoms with Gasteiger partial charge < -0.3 is 20.1 Å². The van der Waals surface area contributed by atoms with Gasteiger partial charge in [0.15, 0.2) is 6.61 Å². The van der Waals surface area contributed by atoms with E-state index in [9.17, 15) is 14.4 Å². The number of amides is 2. The first kappa shape index (κ1) is 16.8. The molecule has 1 aromatic carbocycles. The van der Waals surface area contributed by atoms with Crippen LogP contribution in [0.3, 0.4) is 0 Å². The number of ether oxygens (including phenoxy) is 1. The van der Waals surface area contributed by atoms with Crippen LogP contribution in [0.1, 0.15) is 26.2 Å². The van der Waals surface area contributed by atoms with Crippen LogP contribution in [0.25, 0.3) is 0 Å². The summed E-state index contributed by atoms with van der Waals surface area (Å²) in [5, 5.41) is 11.4. The fraction of sp³-hybridized carbons (Fsp3) is 0.438. The Kier molecular flexibility index (Phi) is 5.56. The van der Waals surface area contributed by atoms with E-state index in [0.29, 0.717) is 17.9 Å². The van der Waals surface area contributed by atoms with Gasteiger partial charge in [-0.2, -0.15) is 0 Å². The Bertz CT molecular complexity index is 602. The fourth-order valence-electron chi connectivity index (χ4n) is 2.37. The number of hydrogen-bond acceptors (Lipinski definition) is 4. The summed E-state index contributed by atoms with van der Waals surface area (Å²) in [5.74, 6) is -0.654. The van der Waals surface area contributed by atoms with Gasteiger partial charge in [-0.15, -0.1) is 0 Å². The molecule has 124 valence electrons. The van der Waals surface area contributed by atoms with Crippen molar-refractivity contribution in [2.75, 3.05) is 18.1 Å². The molecule has 0 saturated carbocycles. The molecule has 1 heterocycles. The number of carbonyl (C=O) groups is 3. The predicted molar refractivity (Wildman–Crippen MR) is 83.4 cm³/mol. The lowest BCUT2D eigenvalue weighted by Crippen LogP contribution is -2.42. The average molecular weight is 320 g/mol. The number of carboxylic acid groups (broad SMARTS) is 1. The van der Waals surface area contributed by atoms with Crippen molar-refractivity contribution in [3.63, 3.8) is 0 Å². The quantitative estimate of drug-likeness (QED) is 0.786. The highest BCUT2D eigenvalue weighted by Crippen LogP contribution is 2.31. The molecule has 0 spiro atoms. The highest BCUT2D eigenvalue weighted by molar-refractivity contribution is 5.98. The number of hydrogen-bond donors (Lipinski definition) is 2. The van der Waals surface area contributed by atoms with Gasteiger partial charge in [-0.1, -0.05) is 12.1 Å². The standard InChI is InChI=1S/C16H20N2O5/c1-11(6-7-16(21)22)17-14(19)8-9-18-12-4-2-3-5-13(12)23-10-15(18)20/h2-5,11H,6-10H2,1H3,(H,17,19)(H,21,22). The Hall–Kier alpha value is -2.57. The third-order valence-electron chi connectivity index (χ3n) is 3.57. The number of carbonyl (C=O) groups excluding carboxylic acids is 2. The van der Waals surface area contributed by atoms with Gasteiger partial charge in [0.05, 0.1) is 5.69 Å². The molecule has 1 atom stereocenters. The molecule has 1 aliphatic rings. The van der Waals surface area contributed by atoms with Gasteiger partial charge in [0.25, 0.3) is 5.91 Å². The molecule has 0 saturated heterocycles. The summed E-state index contributed by atoms with van der Waals surface area (Å²) in [7, 11) is 0. The molecule has 0 fully saturated rings. The Labute approximate surface area is 134 Å². The summed E-state index contributed by atoms with van der Waals surface area (Å²) in [4.78, 5) is 36.0. The molecule has 2 N–H and O–H groups in total. The van der Waals surface area contributed by atoms with Gasteiger partial charge in [0, 0.05) is 25.4 Å². The number of nitrogens with one attached hydrogen (secondary N) is 1. The van der Waals surface area contributed by atoms with E-state index in [2.05, 4.69) is 5.32 Å². The smallest absolute Gasteiger partial charge is 0.303 e. The van der Waals surface area contributed by atoms with E-state index in [1.807, 2.05) is 12.1 Å². The highest BCUT2D eigenvalue weighted by atomic mass is 16.5. The summed E-state index contributed by atoms with van der Waals surface area (Å²) in [6, 6.07) is 6.97. The minimum absolute atomic E-state index is 0.0107. The summed E-state index contributed by atoms with van der Waals surface area (Å²) >= 11 is 0. The molecule has 2 amide bonds. The van der Waals surface area contributed by atoms with E-state index in [1.54, 1.807) is 24.0 Å². The van der Waals surface area contributed by atoms with Gasteiger partial charge in [0.1, 0.15) is 5.75 Å². The number of nitrogens with zero attached hydrogens (tertiary/aromatic N) is 1. The van der Waals surface area contributed by atoms with Crippen LogP contribution in [-0.2, 0) is 14.4 Å². The molecule has 7 nitrogen and oxygen atoms in total. The number of benzene rings is 1. The first-order valence-corrected chi connectivity index (χ1v) is 7.50. The van der Waals surface area contributed by atoms with Gasteiger partial charge in [-0.05, 0) is 25.5 Å². The predicted octanol–water partition coefficient (Wildman–Crippen LogP) is 1.17.